The van der Waals surface area contributed by atoms with E-state index < -0.39 is 0 Å². The average molecular weight is 225 g/mol. The number of Topliss-reactive ketones (excluding diaryl/α,β-unsaturated/α-hetero) is 1. The maximum absolute atomic E-state index is 11.8. The van der Waals surface area contributed by atoms with Gasteiger partial charge >= 0.3 is 0 Å². The van der Waals surface area contributed by atoms with Crippen LogP contribution in [0.15, 0.2) is 0 Å². The van der Waals surface area contributed by atoms with Crippen molar-refractivity contribution in [2.24, 2.45) is 11.3 Å². The highest BCUT2D eigenvalue weighted by Crippen LogP contribution is 2.23. The molecule has 3 heteroatoms. The summed E-state index contributed by atoms with van der Waals surface area (Å²) in [6.07, 6.45) is 5.49. The lowest BCUT2D eigenvalue weighted by Gasteiger charge is -2.22. The number of amides is 1. The number of carbonyl (C=O) groups is 2. The Kier molecular flexibility index (Phi) is 4.51. The van der Waals surface area contributed by atoms with E-state index in [0.717, 1.165) is 25.7 Å². The number of ketones is 1. The van der Waals surface area contributed by atoms with Crippen molar-refractivity contribution < 1.29 is 9.59 Å². The molecule has 16 heavy (non-hydrogen) atoms. The first kappa shape index (κ1) is 13.2. The minimum Gasteiger partial charge on any atom is -0.349 e. The van der Waals surface area contributed by atoms with E-state index in [1.54, 1.807) is 0 Å². The predicted molar refractivity (Wildman–Crippen MR) is 64.0 cm³/mol. The van der Waals surface area contributed by atoms with Crippen molar-refractivity contribution in [2.45, 2.75) is 52.9 Å². The van der Waals surface area contributed by atoms with Crippen LogP contribution < -0.4 is 5.32 Å². The number of hydrogen-bond acceptors (Lipinski definition) is 2. The second kappa shape index (κ2) is 5.46. The maximum atomic E-state index is 11.8. The highest BCUT2D eigenvalue weighted by molar-refractivity contribution is 5.89. The summed E-state index contributed by atoms with van der Waals surface area (Å²) >= 11 is 0. The standard InChI is InChI=1S/C13H23NO2/c1-13(2,3)11(15)9-14-12(16)10-7-5-4-6-8-10/h10H,4-9H2,1-3H3,(H,14,16). The second-order valence-electron chi connectivity index (χ2n) is 5.73. The zero-order chi connectivity index (χ0) is 12.2. The monoisotopic (exact) mass is 225 g/mol. The van der Waals surface area contributed by atoms with Crippen LogP contribution in [-0.4, -0.2) is 18.2 Å². The molecule has 1 saturated carbocycles. The fraction of sp³-hybridized carbons (Fsp3) is 0.846. The van der Waals surface area contributed by atoms with E-state index in [2.05, 4.69) is 5.32 Å². The van der Waals surface area contributed by atoms with E-state index in [-0.39, 0.29) is 29.6 Å². The summed E-state index contributed by atoms with van der Waals surface area (Å²) < 4.78 is 0. The van der Waals surface area contributed by atoms with Gasteiger partial charge in [0, 0.05) is 11.3 Å². The molecule has 1 fully saturated rings. The van der Waals surface area contributed by atoms with Crippen LogP contribution in [0.1, 0.15) is 52.9 Å². The molecule has 0 saturated heterocycles. The molecule has 0 bridgehead atoms. The average Bonchev–Trinajstić information content (AvgIpc) is 2.25. The highest BCUT2D eigenvalue weighted by Gasteiger charge is 2.24. The van der Waals surface area contributed by atoms with E-state index in [9.17, 15) is 9.59 Å². The molecule has 0 aromatic heterocycles. The number of rotatable bonds is 3. The van der Waals surface area contributed by atoms with Gasteiger partial charge in [0.05, 0.1) is 6.54 Å². The van der Waals surface area contributed by atoms with Gasteiger partial charge in [-0.3, -0.25) is 9.59 Å². The molecule has 0 atom stereocenters. The Morgan fingerprint density at radius 2 is 1.69 bits per heavy atom. The normalized spacial score (nSPS) is 18.2. The Labute approximate surface area is 98.0 Å². The van der Waals surface area contributed by atoms with E-state index in [1.807, 2.05) is 20.8 Å². The minimum absolute atomic E-state index is 0.0669. The topological polar surface area (TPSA) is 46.2 Å². The second-order valence-corrected chi connectivity index (χ2v) is 5.73. The Morgan fingerprint density at radius 1 is 1.12 bits per heavy atom. The summed E-state index contributed by atoms with van der Waals surface area (Å²) in [5, 5.41) is 2.77. The van der Waals surface area contributed by atoms with Gasteiger partial charge in [-0.2, -0.15) is 0 Å². The molecule has 1 aliphatic carbocycles. The lowest BCUT2D eigenvalue weighted by molar-refractivity contribution is -0.131. The number of nitrogens with one attached hydrogen (secondary N) is 1. The van der Waals surface area contributed by atoms with E-state index >= 15 is 0 Å². The lowest BCUT2D eigenvalue weighted by atomic mass is 9.88. The molecule has 0 radical (unpaired) electrons. The Bertz CT molecular complexity index is 260. The fourth-order valence-corrected chi connectivity index (χ4v) is 1.94. The fourth-order valence-electron chi connectivity index (χ4n) is 1.94. The quantitative estimate of drug-likeness (QED) is 0.801. The summed E-state index contributed by atoms with van der Waals surface area (Å²) in [5.74, 6) is 0.301. The summed E-state index contributed by atoms with van der Waals surface area (Å²) in [5.41, 5.74) is -0.361. The predicted octanol–water partition coefficient (Wildman–Crippen LogP) is 2.30. The van der Waals surface area contributed by atoms with Gasteiger partial charge in [-0.15, -0.1) is 0 Å². The lowest BCUT2D eigenvalue weighted by Crippen LogP contribution is -2.39. The SMILES string of the molecule is CC(C)(C)C(=O)CNC(=O)C1CCCCC1. The third-order valence-electron chi connectivity index (χ3n) is 3.24. The Morgan fingerprint density at radius 3 is 2.19 bits per heavy atom. The molecule has 0 unspecified atom stereocenters. The maximum Gasteiger partial charge on any atom is 0.223 e. The van der Waals surface area contributed by atoms with Gasteiger partial charge in [-0.1, -0.05) is 40.0 Å². The summed E-state index contributed by atoms with van der Waals surface area (Å²) in [6, 6.07) is 0. The van der Waals surface area contributed by atoms with Gasteiger partial charge in [0.1, 0.15) is 0 Å². The summed E-state index contributed by atoms with van der Waals surface area (Å²) in [4.78, 5) is 23.4. The zero-order valence-corrected chi connectivity index (χ0v) is 10.6. The van der Waals surface area contributed by atoms with Gasteiger partial charge in [0.15, 0.2) is 5.78 Å². The third kappa shape index (κ3) is 3.95. The van der Waals surface area contributed by atoms with Crippen LogP contribution in [0.25, 0.3) is 0 Å². The molecule has 1 aliphatic rings. The van der Waals surface area contributed by atoms with Crippen LogP contribution in [0.4, 0.5) is 0 Å². The molecular weight excluding hydrogens is 202 g/mol. The molecule has 0 aliphatic heterocycles. The molecule has 0 aromatic rings. The zero-order valence-electron chi connectivity index (χ0n) is 10.6. The minimum atomic E-state index is -0.361. The van der Waals surface area contributed by atoms with Crippen molar-refractivity contribution in [3.05, 3.63) is 0 Å². The van der Waals surface area contributed by atoms with Crippen molar-refractivity contribution in [1.82, 2.24) is 5.32 Å². The molecule has 1 N–H and O–H groups in total. The molecule has 0 spiro atoms. The highest BCUT2D eigenvalue weighted by atomic mass is 16.2. The van der Waals surface area contributed by atoms with Crippen LogP contribution in [0.5, 0.6) is 0 Å². The van der Waals surface area contributed by atoms with E-state index in [1.165, 1.54) is 6.42 Å². The van der Waals surface area contributed by atoms with E-state index in [4.69, 9.17) is 0 Å². The van der Waals surface area contributed by atoms with Crippen LogP contribution in [0.3, 0.4) is 0 Å². The Balaban J connectivity index is 2.32. The van der Waals surface area contributed by atoms with Crippen molar-refractivity contribution in [1.29, 1.82) is 0 Å². The van der Waals surface area contributed by atoms with Crippen LogP contribution in [0.2, 0.25) is 0 Å². The van der Waals surface area contributed by atoms with Gasteiger partial charge in [0.25, 0.3) is 0 Å². The van der Waals surface area contributed by atoms with Crippen molar-refractivity contribution in [2.75, 3.05) is 6.54 Å². The van der Waals surface area contributed by atoms with Crippen LogP contribution >= 0.6 is 0 Å². The van der Waals surface area contributed by atoms with Crippen molar-refractivity contribution >= 4 is 11.7 Å². The molecular formula is C13H23NO2. The molecule has 3 nitrogen and oxygen atoms in total. The van der Waals surface area contributed by atoms with Gasteiger partial charge in [0.2, 0.25) is 5.91 Å². The van der Waals surface area contributed by atoms with Crippen molar-refractivity contribution in [3.63, 3.8) is 0 Å². The molecule has 92 valence electrons. The third-order valence-corrected chi connectivity index (χ3v) is 3.24. The first-order valence-electron chi connectivity index (χ1n) is 6.22. The first-order valence-corrected chi connectivity index (χ1v) is 6.22. The van der Waals surface area contributed by atoms with Gasteiger partial charge in [-0.25, -0.2) is 0 Å². The molecule has 0 aromatic carbocycles. The summed E-state index contributed by atoms with van der Waals surface area (Å²) in [7, 11) is 0. The van der Waals surface area contributed by atoms with Crippen LogP contribution in [0, 0.1) is 11.3 Å². The number of hydrogen-bond donors (Lipinski definition) is 1. The first-order chi connectivity index (χ1) is 7.41. The Hall–Kier alpha value is -0.860. The smallest absolute Gasteiger partial charge is 0.223 e. The van der Waals surface area contributed by atoms with Crippen LogP contribution in [-0.2, 0) is 9.59 Å². The van der Waals surface area contributed by atoms with Gasteiger partial charge < -0.3 is 5.32 Å². The largest absolute Gasteiger partial charge is 0.349 e. The number of carbonyl (C=O) groups excluding carboxylic acids is 2. The molecule has 1 amide bonds. The summed E-state index contributed by atoms with van der Waals surface area (Å²) in [6.45, 7) is 5.81. The molecule has 1 rings (SSSR count). The molecule has 0 heterocycles. The van der Waals surface area contributed by atoms with Gasteiger partial charge in [-0.05, 0) is 12.8 Å². The van der Waals surface area contributed by atoms with Crippen molar-refractivity contribution in [3.8, 4) is 0 Å². The van der Waals surface area contributed by atoms with E-state index in [0.29, 0.717) is 0 Å².